The molecule has 0 atom stereocenters. The topological polar surface area (TPSA) is 56.0 Å². The van der Waals surface area contributed by atoms with Gasteiger partial charge in [0.15, 0.2) is 5.58 Å². The zero-order valence-corrected chi connectivity index (χ0v) is 9.96. The number of fused-ring (bicyclic) bond motifs is 1. The van der Waals surface area contributed by atoms with Gasteiger partial charge in [-0.05, 0) is 12.1 Å². The van der Waals surface area contributed by atoms with Gasteiger partial charge in [0, 0.05) is 11.8 Å². The number of rotatable bonds is 2. The third kappa shape index (κ3) is 1.64. The molecule has 0 N–H and O–H groups in total. The molecular formula is C11H5ClN2O2S. The molecule has 0 fully saturated rings. The molecule has 0 saturated carbocycles. The molecule has 0 saturated heterocycles. The predicted octanol–water partition coefficient (Wildman–Crippen LogP) is 3.42. The average Bonchev–Trinajstić information content (AvgIpc) is 2.96. The number of carbonyl (C=O) groups is 1. The maximum absolute atomic E-state index is 10.8. The van der Waals surface area contributed by atoms with Crippen molar-refractivity contribution in [3.63, 3.8) is 0 Å². The Morgan fingerprint density at radius 1 is 1.41 bits per heavy atom. The Morgan fingerprint density at radius 3 is 3.00 bits per heavy atom. The molecular weight excluding hydrogens is 260 g/mol. The van der Waals surface area contributed by atoms with Gasteiger partial charge in [-0.3, -0.25) is 9.78 Å². The first kappa shape index (κ1) is 10.4. The van der Waals surface area contributed by atoms with Gasteiger partial charge in [-0.1, -0.05) is 16.8 Å². The Labute approximate surface area is 105 Å². The van der Waals surface area contributed by atoms with Gasteiger partial charge in [0.25, 0.3) is 0 Å². The van der Waals surface area contributed by atoms with Crippen LogP contribution in [0.25, 0.3) is 21.5 Å². The summed E-state index contributed by atoms with van der Waals surface area (Å²) >= 11 is 7.46. The fraction of sp³-hybridized carbons (Fsp3) is 0. The van der Waals surface area contributed by atoms with E-state index in [1.165, 1.54) is 11.3 Å². The first-order valence-electron chi connectivity index (χ1n) is 4.72. The van der Waals surface area contributed by atoms with E-state index in [0.29, 0.717) is 21.9 Å². The molecule has 4 nitrogen and oxygen atoms in total. The zero-order chi connectivity index (χ0) is 11.8. The lowest BCUT2D eigenvalue weighted by molar-refractivity contribution is 0.112. The van der Waals surface area contributed by atoms with Crippen LogP contribution in [0.3, 0.4) is 0 Å². The molecule has 0 spiro atoms. The Kier molecular flexibility index (Phi) is 2.42. The van der Waals surface area contributed by atoms with Gasteiger partial charge in [0.1, 0.15) is 12.0 Å². The number of aromatic nitrogens is 2. The molecule has 0 aliphatic rings. The smallest absolute Gasteiger partial charge is 0.186 e. The van der Waals surface area contributed by atoms with Crippen LogP contribution in [-0.2, 0) is 0 Å². The van der Waals surface area contributed by atoms with E-state index in [1.54, 1.807) is 23.8 Å². The molecule has 3 rings (SSSR count). The highest BCUT2D eigenvalue weighted by atomic mass is 35.5. The van der Waals surface area contributed by atoms with Gasteiger partial charge in [-0.15, -0.1) is 11.3 Å². The SMILES string of the molecule is O=Cc1cc(Cl)c2onc(-c3cncs3)c2c1. The zero-order valence-electron chi connectivity index (χ0n) is 8.38. The third-order valence-corrected chi connectivity index (χ3v) is 3.41. The van der Waals surface area contributed by atoms with Crippen molar-refractivity contribution in [3.05, 3.63) is 34.4 Å². The fourth-order valence-electron chi connectivity index (χ4n) is 1.60. The van der Waals surface area contributed by atoms with Crippen LogP contribution < -0.4 is 0 Å². The quantitative estimate of drug-likeness (QED) is 0.666. The predicted molar refractivity (Wildman–Crippen MR) is 65.5 cm³/mol. The molecule has 1 aromatic carbocycles. The second-order valence-electron chi connectivity index (χ2n) is 3.39. The van der Waals surface area contributed by atoms with Crippen molar-refractivity contribution in [1.82, 2.24) is 10.1 Å². The summed E-state index contributed by atoms with van der Waals surface area (Å²) in [5.41, 5.74) is 3.35. The summed E-state index contributed by atoms with van der Waals surface area (Å²) in [6.45, 7) is 0. The number of thiazole rings is 1. The van der Waals surface area contributed by atoms with Gasteiger partial charge < -0.3 is 4.52 Å². The van der Waals surface area contributed by atoms with Crippen molar-refractivity contribution >= 4 is 40.2 Å². The van der Waals surface area contributed by atoms with Crippen LogP contribution in [0.4, 0.5) is 0 Å². The molecule has 2 aromatic heterocycles. The lowest BCUT2D eigenvalue weighted by atomic mass is 10.1. The lowest BCUT2D eigenvalue weighted by Gasteiger charge is -1.94. The van der Waals surface area contributed by atoms with Gasteiger partial charge in [-0.2, -0.15) is 0 Å². The minimum Gasteiger partial charge on any atom is -0.354 e. The van der Waals surface area contributed by atoms with Crippen LogP contribution >= 0.6 is 22.9 Å². The molecule has 17 heavy (non-hydrogen) atoms. The van der Waals surface area contributed by atoms with Crippen LogP contribution in [0.2, 0.25) is 5.02 Å². The van der Waals surface area contributed by atoms with Crippen LogP contribution in [0.5, 0.6) is 0 Å². The van der Waals surface area contributed by atoms with Gasteiger partial charge in [-0.25, -0.2) is 0 Å². The van der Waals surface area contributed by atoms with Crippen molar-refractivity contribution in [1.29, 1.82) is 0 Å². The standard InChI is InChI=1S/C11H5ClN2O2S/c12-8-2-6(4-15)1-7-10(14-16-11(7)8)9-3-13-5-17-9/h1-5H. The summed E-state index contributed by atoms with van der Waals surface area (Å²) in [6.07, 6.45) is 2.44. The van der Waals surface area contributed by atoms with Crippen LogP contribution in [-0.4, -0.2) is 16.4 Å². The summed E-state index contributed by atoms with van der Waals surface area (Å²) < 4.78 is 5.18. The van der Waals surface area contributed by atoms with Crippen molar-refractivity contribution < 1.29 is 9.32 Å². The average molecular weight is 265 g/mol. The lowest BCUT2D eigenvalue weighted by Crippen LogP contribution is -1.80. The number of nitrogens with zero attached hydrogens (tertiary/aromatic N) is 2. The van der Waals surface area contributed by atoms with E-state index < -0.39 is 0 Å². The molecule has 84 valence electrons. The maximum Gasteiger partial charge on any atom is 0.186 e. The number of hydrogen-bond acceptors (Lipinski definition) is 5. The highest BCUT2D eigenvalue weighted by Crippen LogP contribution is 2.34. The molecule has 2 heterocycles. The molecule has 0 bridgehead atoms. The molecule has 0 aliphatic carbocycles. The first-order chi connectivity index (χ1) is 8.29. The van der Waals surface area contributed by atoms with E-state index >= 15 is 0 Å². The van der Waals surface area contributed by atoms with Crippen molar-refractivity contribution in [2.24, 2.45) is 0 Å². The Balaban J connectivity index is 2.34. The second-order valence-corrected chi connectivity index (χ2v) is 4.69. The first-order valence-corrected chi connectivity index (χ1v) is 5.98. The molecule has 3 aromatic rings. The van der Waals surface area contributed by atoms with Crippen LogP contribution in [0, 0.1) is 0 Å². The largest absolute Gasteiger partial charge is 0.354 e. The van der Waals surface area contributed by atoms with E-state index in [2.05, 4.69) is 10.1 Å². The highest BCUT2D eigenvalue weighted by Gasteiger charge is 2.15. The minimum atomic E-state index is 0.382. The summed E-state index contributed by atoms with van der Waals surface area (Å²) in [6, 6.07) is 3.26. The summed E-state index contributed by atoms with van der Waals surface area (Å²) in [5.74, 6) is 0. The maximum atomic E-state index is 10.8. The van der Waals surface area contributed by atoms with E-state index in [0.717, 1.165) is 16.5 Å². The third-order valence-electron chi connectivity index (χ3n) is 2.35. The summed E-state index contributed by atoms with van der Waals surface area (Å²) in [5, 5.41) is 5.08. The van der Waals surface area contributed by atoms with Crippen LogP contribution in [0.15, 0.2) is 28.4 Å². The van der Waals surface area contributed by atoms with Crippen molar-refractivity contribution in [3.8, 4) is 10.6 Å². The Bertz CT molecular complexity index is 691. The van der Waals surface area contributed by atoms with E-state index in [4.69, 9.17) is 16.1 Å². The van der Waals surface area contributed by atoms with E-state index in [-0.39, 0.29) is 0 Å². The molecule has 6 heteroatoms. The second kappa shape index (κ2) is 3.94. The number of benzene rings is 1. The summed E-state index contributed by atoms with van der Waals surface area (Å²) in [7, 11) is 0. The molecule has 0 radical (unpaired) electrons. The summed E-state index contributed by atoms with van der Waals surface area (Å²) in [4.78, 5) is 15.7. The van der Waals surface area contributed by atoms with Gasteiger partial charge >= 0.3 is 0 Å². The van der Waals surface area contributed by atoms with Gasteiger partial charge in [0.05, 0.1) is 20.8 Å². The van der Waals surface area contributed by atoms with Gasteiger partial charge in [0.2, 0.25) is 0 Å². The van der Waals surface area contributed by atoms with E-state index in [9.17, 15) is 4.79 Å². The van der Waals surface area contributed by atoms with Crippen molar-refractivity contribution in [2.75, 3.05) is 0 Å². The molecule has 0 aliphatic heterocycles. The number of aldehydes is 1. The highest BCUT2D eigenvalue weighted by molar-refractivity contribution is 7.13. The number of halogens is 1. The van der Waals surface area contributed by atoms with Crippen LogP contribution in [0.1, 0.15) is 10.4 Å². The monoisotopic (exact) mass is 264 g/mol. The Morgan fingerprint density at radius 2 is 2.29 bits per heavy atom. The van der Waals surface area contributed by atoms with Crippen molar-refractivity contribution in [2.45, 2.75) is 0 Å². The number of carbonyl (C=O) groups excluding carboxylic acids is 1. The molecule has 0 amide bonds. The van der Waals surface area contributed by atoms with E-state index in [1.807, 2.05) is 0 Å². The normalized spacial score (nSPS) is 10.9. The minimum absolute atomic E-state index is 0.382. The number of hydrogen-bond donors (Lipinski definition) is 0. The Hall–Kier alpha value is -1.72. The fourth-order valence-corrected chi connectivity index (χ4v) is 2.48. The molecule has 0 unspecified atom stereocenters.